The topological polar surface area (TPSA) is 118 Å². The molecule has 0 saturated carbocycles. The highest BCUT2D eigenvalue weighted by molar-refractivity contribution is 7.14. The minimum absolute atomic E-state index is 0.263. The number of benzene rings is 1. The number of nitroso groups, excluding NO2 is 1. The Hall–Kier alpha value is -4.22. The third-order valence-corrected chi connectivity index (χ3v) is 6.16. The molecule has 184 valence electrons. The van der Waals surface area contributed by atoms with Crippen LogP contribution in [0, 0.1) is 4.91 Å². The number of methoxy groups -OCH3 is 1. The number of thiazole rings is 1. The van der Waals surface area contributed by atoms with Crippen molar-refractivity contribution in [1.29, 1.82) is 0 Å². The van der Waals surface area contributed by atoms with Gasteiger partial charge in [0.05, 0.1) is 28.6 Å². The van der Waals surface area contributed by atoms with Gasteiger partial charge in [-0.2, -0.15) is 0 Å². The summed E-state index contributed by atoms with van der Waals surface area (Å²) in [7, 11) is 2.84. The number of carbonyl (C=O) groups is 2. The molecule has 0 radical (unpaired) electrons. The van der Waals surface area contributed by atoms with E-state index < -0.39 is 17.9 Å². The number of hydrogen-bond donors (Lipinski definition) is 2. The Morgan fingerprint density at radius 2 is 1.92 bits per heavy atom. The van der Waals surface area contributed by atoms with E-state index in [-0.39, 0.29) is 18.6 Å². The van der Waals surface area contributed by atoms with E-state index >= 15 is 0 Å². The molecule has 3 heterocycles. The molecule has 3 aromatic heterocycles. The van der Waals surface area contributed by atoms with Gasteiger partial charge in [0, 0.05) is 37.1 Å². The van der Waals surface area contributed by atoms with Crippen molar-refractivity contribution in [2.24, 2.45) is 0 Å². The van der Waals surface area contributed by atoms with Gasteiger partial charge in [-0.05, 0) is 41.8 Å². The molecule has 0 aliphatic heterocycles. The summed E-state index contributed by atoms with van der Waals surface area (Å²) in [5, 5.41) is 7.79. The number of nitrogens with one attached hydrogen (secondary N) is 2. The molecule has 11 heteroatoms. The zero-order chi connectivity index (χ0) is 25.5. The molecule has 4 rings (SSSR count). The zero-order valence-electron chi connectivity index (χ0n) is 19.7. The molecule has 2 N–H and O–H groups in total. The second kappa shape index (κ2) is 11.5. The molecule has 4 aromatic rings. The highest BCUT2D eigenvalue weighted by Gasteiger charge is 2.23. The SMILES string of the molecule is COCCC(NC(=O)c1ccn([N+](C)=O)c1)C(=O)Nc1nc(-c2cccc(-c3ccncc3)c2)cs1. The Labute approximate surface area is 211 Å². The average molecular weight is 506 g/mol. The molecular weight excluding hydrogens is 480 g/mol. The molecule has 0 aliphatic carbocycles. The monoisotopic (exact) mass is 505 g/mol. The quantitative estimate of drug-likeness (QED) is 0.318. The number of anilines is 1. The van der Waals surface area contributed by atoms with Crippen LogP contribution in [0.1, 0.15) is 16.8 Å². The lowest BCUT2D eigenvalue weighted by molar-refractivity contribution is -0.578. The predicted molar refractivity (Wildman–Crippen MR) is 137 cm³/mol. The van der Waals surface area contributed by atoms with Gasteiger partial charge in [0.1, 0.15) is 10.9 Å². The summed E-state index contributed by atoms with van der Waals surface area (Å²) in [5.41, 5.74) is 3.99. The number of amides is 2. The third kappa shape index (κ3) is 6.06. The minimum Gasteiger partial charge on any atom is -0.385 e. The Balaban J connectivity index is 1.46. The summed E-state index contributed by atoms with van der Waals surface area (Å²) < 4.78 is 6.33. The summed E-state index contributed by atoms with van der Waals surface area (Å²) >= 11 is 1.30. The maximum atomic E-state index is 13.0. The third-order valence-electron chi connectivity index (χ3n) is 5.40. The Bertz CT molecular complexity index is 1370. The fourth-order valence-electron chi connectivity index (χ4n) is 3.50. The Morgan fingerprint density at radius 1 is 1.14 bits per heavy atom. The van der Waals surface area contributed by atoms with E-state index in [9.17, 15) is 14.5 Å². The van der Waals surface area contributed by atoms with Gasteiger partial charge in [-0.15, -0.1) is 11.3 Å². The maximum Gasteiger partial charge on any atom is 0.253 e. The van der Waals surface area contributed by atoms with Crippen LogP contribution in [0.25, 0.3) is 22.4 Å². The van der Waals surface area contributed by atoms with Gasteiger partial charge in [0.15, 0.2) is 5.13 Å². The fraction of sp³-hybridized carbons (Fsp3) is 0.200. The Morgan fingerprint density at radius 3 is 2.64 bits per heavy atom. The molecule has 36 heavy (non-hydrogen) atoms. The van der Waals surface area contributed by atoms with Gasteiger partial charge in [-0.1, -0.05) is 22.9 Å². The normalized spacial score (nSPS) is 11.6. The first kappa shape index (κ1) is 24.9. The van der Waals surface area contributed by atoms with Gasteiger partial charge in [0.25, 0.3) is 5.91 Å². The molecule has 10 nitrogen and oxygen atoms in total. The Kier molecular flexibility index (Phi) is 7.93. The first-order valence-electron chi connectivity index (χ1n) is 11.1. The van der Waals surface area contributed by atoms with Crippen LogP contribution in [0.4, 0.5) is 5.13 Å². The number of aromatic nitrogens is 3. The smallest absolute Gasteiger partial charge is 0.253 e. The highest BCUT2D eigenvalue weighted by Crippen LogP contribution is 2.28. The van der Waals surface area contributed by atoms with Crippen molar-refractivity contribution in [3.05, 3.63) is 83.1 Å². The summed E-state index contributed by atoms with van der Waals surface area (Å²) in [6.07, 6.45) is 6.61. The van der Waals surface area contributed by atoms with Crippen LogP contribution in [0.5, 0.6) is 0 Å². The molecular formula is C25H25N6O4S+. The number of carbonyl (C=O) groups excluding carboxylic acids is 2. The standard InChI is InChI=1S/C25H24N6O4S/c1-30(34)31-12-8-20(15-31)23(32)27-21(9-13-35-2)24(33)29-25-28-22(16-36-25)19-5-3-4-18(14-19)17-6-10-26-11-7-17/h3-8,10-12,14-16,21H,9,13H2,1-2H3,(H-,27,28,29,32,33)/p+1. The van der Waals surface area contributed by atoms with Gasteiger partial charge < -0.3 is 15.4 Å². The van der Waals surface area contributed by atoms with Gasteiger partial charge in [0.2, 0.25) is 13.0 Å². The lowest BCUT2D eigenvalue weighted by Gasteiger charge is -2.17. The van der Waals surface area contributed by atoms with E-state index in [2.05, 4.69) is 20.6 Å². The molecule has 0 spiro atoms. The van der Waals surface area contributed by atoms with Crippen molar-refractivity contribution < 1.29 is 19.2 Å². The van der Waals surface area contributed by atoms with Crippen molar-refractivity contribution in [2.75, 3.05) is 26.1 Å². The molecule has 0 fully saturated rings. The predicted octanol–water partition coefficient (Wildman–Crippen LogP) is 3.62. The van der Waals surface area contributed by atoms with Gasteiger partial charge >= 0.3 is 0 Å². The minimum atomic E-state index is -0.854. The lowest BCUT2D eigenvalue weighted by Crippen LogP contribution is -2.44. The molecule has 1 atom stereocenters. The van der Waals surface area contributed by atoms with Crippen molar-refractivity contribution in [3.63, 3.8) is 0 Å². The summed E-state index contributed by atoms with van der Waals surface area (Å²) in [6.45, 7) is 0.271. The molecule has 1 aromatic carbocycles. The molecule has 0 saturated heterocycles. The van der Waals surface area contributed by atoms with Crippen LogP contribution in [-0.2, 0) is 9.53 Å². The number of pyridine rings is 1. The van der Waals surface area contributed by atoms with E-state index in [1.165, 1.54) is 48.6 Å². The van der Waals surface area contributed by atoms with Crippen LogP contribution >= 0.6 is 11.3 Å². The second-order valence-corrected chi connectivity index (χ2v) is 8.75. The van der Waals surface area contributed by atoms with Crippen molar-refractivity contribution in [1.82, 2.24) is 20.0 Å². The number of hydrogen-bond acceptors (Lipinski definition) is 7. The van der Waals surface area contributed by atoms with Crippen LogP contribution in [0.2, 0.25) is 0 Å². The lowest BCUT2D eigenvalue weighted by atomic mass is 10.0. The number of ether oxygens (including phenoxy) is 1. The largest absolute Gasteiger partial charge is 0.385 e. The van der Waals surface area contributed by atoms with Crippen LogP contribution < -0.4 is 10.6 Å². The van der Waals surface area contributed by atoms with Gasteiger partial charge in [-0.25, -0.2) is 4.98 Å². The van der Waals surface area contributed by atoms with E-state index in [0.717, 1.165) is 22.4 Å². The molecule has 2 amide bonds. The van der Waals surface area contributed by atoms with Crippen LogP contribution in [0.15, 0.2) is 72.6 Å². The summed E-state index contributed by atoms with van der Waals surface area (Å²) in [6, 6.07) is 12.5. The first-order valence-corrected chi connectivity index (χ1v) is 12.0. The molecule has 0 bridgehead atoms. The highest BCUT2D eigenvalue weighted by atomic mass is 32.1. The molecule has 0 aliphatic rings. The summed E-state index contributed by atoms with van der Waals surface area (Å²) in [5.74, 6) is -0.883. The zero-order valence-corrected chi connectivity index (χ0v) is 20.6. The van der Waals surface area contributed by atoms with E-state index in [1.54, 1.807) is 12.4 Å². The second-order valence-electron chi connectivity index (χ2n) is 7.90. The van der Waals surface area contributed by atoms with Crippen LogP contribution in [-0.4, -0.2) is 58.1 Å². The van der Waals surface area contributed by atoms with E-state index in [1.807, 2.05) is 41.8 Å². The maximum absolute atomic E-state index is 13.0. The number of nitrogens with zero attached hydrogens (tertiary/aromatic N) is 4. The average Bonchev–Trinajstić information content (AvgIpc) is 3.57. The van der Waals surface area contributed by atoms with Gasteiger partial charge in [-0.3, -0.25) is 14.6 Å². The van der Waals surface area contributed by atoms with Crippen molar-refractivity contribution in [2.45, 2.75) is 12.5 Å². The van der Waals surface area contributed by atoms with Crippen LogP contribution in [0.3, 0.4) is 0 Å². The molecule has 1 unspecified atom stereocenters. The van der Waals surface area contributed by atoms with Crippen molar-refractivity contribution in [3.8, 4) is 22.4 Å². The fourth-order valence-corrected chi connectivity index (χ4v) is 4.22. The number of rotatable bonds is 10. The van der Waals surface area contributed by atoms with E-state index in [0.29, 0.717) is 10.0 Å². The summed E-state index contributed by atoms with van der Waals surface area (Å²) in [4.78, 5) is 46.3. The van der Waals surface area contributed by atoms with E-state index in [4.69, 9.17) is 4.74 Å². The first-order chi connectivity index (χ1) is 17.4. The van der Waals surface area contributed by atoms with Crippen molar-refractivity contribution >= 4 is 28.3 Å².